The highest BCUT2D eigenvalue weighted by molar-refractivity contribution is 5.36. The van der Waals surface area contributed by atoms with E-state index in [0.717, 1.165) is 29.5 Å². The summed E-state index contributed by atoms with van der Waals surface area (Å²) in [7, 11) is 0. The average Bonchev–Trinajstić information content (AvgIpc) is 3.22. The number of oxazole rings is 1. The Morgan fingerprint density at radius 1 is 1.30 bits per heavy atom. The standard InChI is InChI=1S/C18H22N4O/c1-4-18-21-14(3)17(23-18)12-19-13(2)15-7-5-8-16(11-15)22-10-6-9-20-22/h5-11,13,19H,4,12H2,1-3H3. The second-order valence-corrected chi connectivity index (χ2v) is 5.62. The van der Waals surface area contributed by atoms with Crippen LogP contribution in [0.2, 0.25) is 0 Å². The Balaban J connectivity index is 1.69. The van der Waals surface area contributed by atoms with Gasteiger partial charge in [-0.05, 0) is 37.6 Å². The highest BCUT2D eigenvalue weighted by Gasteiger charge is 2.11. The van der Waals surface area contributed by atoms with E-state index >= 15 is 0 Å². The third kappa shape index (κ3) is 3.51. The van der Waals surface area contributed by atoms with E-state index in [0.29, 0.717) is 6.54 Å². The molecule has 0 aliphatic rings. The van der Waals surface area contributed by atoms with Crippen LogP contribution in [0.3, 0.4) is 0 Å². The summed E-state index contributed by atoms with van der Waals surface area (Å²) in [6.45, 7) is 6.86. The van der Waals surface area contributed by atoms with Crippen molar-refractivity contribution in [1.29, 1.82) is 0 Å². The summed E-state index contributed by atoms with van der Waals surface area (Å²) in [6, 6.07) is 10.5. The predicted octanol–water partition coefficient (Wildman–Crippen LogP) is 3.58. The second kappa shape index (κ2) is 6.79. The number of nitrogens with one attached hydrogen (secondary N) is 1. The summed E-state index contributed by atoms with van der Waals surface area (Å²) in [4.78, 5) is 4.41. The molecule has 1 atom stereocenters. The molecule has 5 heteroatoms. The fraction of sp³-hybridized carbons (Fsp3) is 0.333. The van der Waals surface area contributed by atoms with Crippen LogP contribution in [0.25, 0.3) is 5.69 Å². The van der Waals surface area contributed by atoms with Crippen LogP contribution in [0.5, 0.6) is 0 Å². The van der Waals surface area contributed by atoms with Crippen molar-refractivity contribution in [3.63, 3.8) is 0 Å². The Morgan fingerprint density at radius 2 is 2.17 bits per heavy atom. The van der Waals surface area contributed by atoms with Crippen molar-refractivity contribution in [2.45, 2.75) is 39.8 Å². The molecule has 120 valence electrons. The number of aryl methyl sites for hydroxylation is 2. The lowest BCUT2D eigenvalue weighted by Crippen LogP contribution is -2.18. The SMILES string of the molecule is CCc1nc(C)c(CNC(C)c2cccc(-n3cccn3)c2)o1. The molecule has 0 fully saturated rings. The van der Waals surface area contributed by atoms with Crippen molar-refractivity contribution >= 4 is 0 Å². The maximum absolute atomic E-state index is 5.74. The molecule has 3 aromatic rings. The Kier molecular flexibility index (Phi) is 4.57. The predicted molar refractivity (Wildman–Crippen MR) is 89.4 cm³/mol. The molecule has 0 aliphatic carbocycles. The summed E-state index contributed by atoms with van der Waals surface area (Å²) < 4.78 is 7.61. The van der Waals surface area contributed by atoms with Gasteiger partial charge in [0, 0.05) is 24.9 Å². The van der Waals surface area contributed by atoms with Crippen LogP contribution in [0.4, 0.5) is 0 Å². The molecule has 0 saturated heterocycles. The smallest absolute Gasteiger partial charge is 0.194 e. The Hall–Kier alpha value is -2.40. The summed E-state index contributed by atoms with van der Waals surface area (Å²) in [5.74, 6) is 1.71. The molecule has 23 heavy (non-hydrogen) atoms. The summed E-state index contributed by atoms with van der Waals surface area (Å²) in [5, 5.41) is 7.78. The van der Waals surface area contributed by atoms with E-state index in [-0.39, 0.29) is 6.04 Å². The van der Waals surface area contributed by atoms with Gasteiger partial charge >= 0.3 is 0 Å². The normalized spacial score (nSPS) is 12.5. The highest BCUT2D eigenvalue weighted by Crippen LogP contribution is 2.18. The molecule has 5 nitrogen and oxygen atoms in total. The summed E-state index contributed by atoms with van der Waals surface area (Å²) in [6.07, 6.45) is 4.55. The van der Waals surface area contributed by atoms with Gasteiger partial charge in [-0.15, -0.1) is 0 Å². The van der Waals surface area contributed by atoms with E-state index in [1.165, 1.54) is 5.56 Å². The number of hydrogen-bond acceptors (Lipinski definition) is 4. The van der Waals surface area contributed by atoms with Crippen molar-refractivity contribution in [3.8, 4) is 5.69 Å². The lowest BCUT2D eigenvalue weighted by Gasteiger charge is -2.14. The van der Waals surface area contributed by atoms with Crippen LogP contribution >= 0.6 is 0 Å². The minimum absolute atomic E-state index is 0.208. The van der Waals surface area contributed by atoms with Crippen molar-refractivity contribution in [3.05, 3.63) is 65.6 Å². The van der Waals surface area contributed by atoms with Crippen LogP contribution in [-0.4, -0.2) is 14.8 Å². The van der Waals surface area contributed by atoms with Crippen LogP contribution in [0, 0.1) is 6.92 Å². The van der Waals surface area contributed by atoms with E-state index in [2.05, 4.69) is 46.6 Å². The van der Waals surface area contributed by atoms with Gasteiger partial charge in [-0.1, -0.05) is 19.1 Å². The second-order valence-electron chi connectivity index (χ2n) is 5.62. The number of rotatable bonds is 6. The number of hydrogen-bond donors (Lipinski definition) is 1. The molecule has 0 bridgehead atoms. The van der Waals surface area contributed by atoms with E-state index in [1.54, 1.807) is 6.20 Å². The van der Waals surface area contributed by atoms with E-state index in [1.807, 2.05) is 30.8 Å². The fourth-order valence-electron chi connectivity index (χ4n) is 2.53. The third-order valence-electron chi connectivity index (χ3n) is 3.95. The maximum atomic E-state index is 5.74. The minimum atomic E-state index is 0.208. The van der Waals surface area contributed by atoms with Crippen LogP contribution in [-0.2, 0) is 13.0 Å². The molecule has 1 unspecified atom stereocenters. The van der Waals surface area contributed by atoms with Crippen LogP contribution < -0.4 is 5.32 Å². The first-order chi connectivity index (χ1) is 11.2. The van der Waals surface area contributed by atoms with E-state index in [4.69, 9.17) is 4.42 Å². The lowest BCUT2D eigenvalue weighted by atomic mass is 10.1. The van der Waals surface area contributed by atoms with Gasteiger partial charge in [0.2, 0.25) is 0 Å². The van der Waals surface area contributed by atoms with Gasteiger partial charge in [0.05, 0.1) is 17.9 Å². The highest BCUT2D eigenvalue weighted by atomic mass is 16.4. The largest absolute Gasteiger partial charge is 0.444 e. The van der Waals surface area contributed by atoms with Gasteiger partial charge in [-0.25, -0.2) is 9.67 Å². The molecule has 1 aromatic carbocycles. The molecule has 2 aromatic heterocycles. The monoisotopic (exact) mass is 310 g/mol. The zero-order chi connectivity index (χ0) is 16.2. The Morgan fingerprint density at radius 3 is 2.87 bits per heavy atom. The minimum Gasteiger partial charge on any atom is -0.444 e. The van der Waals surface area contributed by atoms with Crippen molar-refractivity contribution in [2.75, 3.05) is 0 Å². The molecule has 3 rings (SSSR count). The first-order valence-electron chi connectivity index (χ1n) is 7.96. The van der Waals surface area contributed by atoms with Gasteiger partial charge in [0.15, 0.2) is 5.89 Å². The van der Waals surface area contributed by atoms with Crippen LogP contribution in [0.15, 0.2) is 47.1 Å². The molecule has 0 aliphatic heterocycles. The van der Waals surface area contributed by atoms with Gasteiger partial charge < -0.3 is 9.73 Å². The molecule has 0 amide bonds. The van der Waals surface area contributed by atoms with Gasteiger partial charge in [-0.3, -0.25) is 0 Å². The number of aromatic nitrogens is 3. The molecular weight excluding hydrogens is 288 g/mol. The van der Waals surface area contributed by atoms with Crippen molar-refractivity contribution in [2.24, 2.45) is 0 Å². The number of benzene rings is 1. The van der Waals surface area contributed by atoms with Crippen LogP contribution in [0.1, 0.15) is 42.8 Å². The quantitative estimate of drug-likeness (QED) is 0.756. The molecule has 1 N–H and O–H groups in total. The first-order valence-corrected chi connectivity index (χ1v) is 7.96. The Bertz CT molecular complexity index is 761. The van der Waals surface area contributed by atoms with Gasteiger partial charge in [0.25, 0.3) is 0 Å². The Labute approximate surface area is 136 Å². The average molecular weight is 310 g/mol. The van der Waals surface area contributed by atoms with Crippen molar-refractivity contribution < 1.29 is 4.42 Å². The zero-order valence-corrected chi connectivity index (χ0v) is 13.8. The van der Waals surface area contributed by atoms with E-state index < -0.39 is 0 Å². The summed E-state index contributed by atoms with van der Waals surface area (Å²) >= 11 is 0. The lowest BCUT2D eigenvalue weighted by molar-refractivity contribution is 0.428. The summed E-state index contributed by atoms with van der Waals surface area (Å²) in [5.41, 5.74) is 3.24. The maximum Gasteiger partial charge on any atom is 0.194 e. The molecule has 0 radical (unpaired) electrons. The van der Waals surface area contributed by atoms with Gasteiger partial charge in [-0.2, -0.15) is 5.10 Å². The molecular formula is C18H22N4O. The van der Waals surface area contributed by atoms with Crippen molar-refractivity contribution in [1.82, 2.24) is 20.1 Å². The topological polar surface area (TPSA) is 55.9 Å². The molecule has 0 spiro atoms. The molecule has 2 heterocycles. The number of nitrogens with zero attached hydrogens (tertiary/aromatic N) is 3. The fourth-order valence-corrected chi connectivity index (χ4v) is 2.53. The van der Waals surface area contributed by atoms with E-state index in [9.17, 15) is 0 Å². The molecule has 0 saturated carbocycles. The van der Waals surface area contributed by atoms with Gasteiger partial charge in [0.1, 0.15) is 5.76 Å². The first kappa shape index (κ1) is 15.5. The third-order valence-corrected chi connectivity index (χ3v) is 3.95. The zero-order valence-electron chi connectivity index (χ0n) is 13.8.